The van der Waals surface area contributed by atoms with Crippen molar-refractivity contribution in [3.05, 3.63) is 66.2 Å². The lowest BCUT2D eigenvalue weighted by molar-refractivity contribution is -0.226. The molecule has 0 saturated carbocycles. The number of carbonyl (C=O) groups is 6. The van der Waals surface area contributed by atoms with Gasteiger partial charge in [-0.05, 0) is 38.5 Å². The molecule has 3 rings (SSSR count). The maximum absolute atomic E-state index is 13.7. The third-order valence-electron chi connectivity index (χ3n) is 6.98. The standard InChI is InChI=1S/C34H43N3O14S/c1-20(38)46-19-26-29(48-21(2)39)30(49-22(3)40)28(37-52(44,45)24-15-11-8-12-16-24)31(50-26)36-27(41)17-25(35-33(43)51-34(4,5)6)32(42)47-18-23-13-9-7-10-14-23/h7-16,25-26,28-31,37H,17-19H2,1-6H3,(H,35,43)(H,36,41)/t25-,26+,28+,29+,30+,31+/m0/s1. The number of hydrogen-bond acceptors (Lipinski definition) is 14. The van der Waals surface area contributed by atoms with Crippen molar-refractivity contribution >= 4 is 45.9 Å². The van der Waals surface area contributed by atoms with Gasteiger partial charge >= 0.3 is 30.0 Å². The summed E-state index contributed by atoms with van der Waals surface area (Å²) in [6, 6.07) is 12.4. The highest BCUT2D eigenvalue weighted by molar-refractivity contribution is 7.89. The van der Waals surface area contributed by atoms with E-state index in [1.165, 1.54) is 24.3 Å². The fourth-order valence-electron chi connectivity index (χ4n) is 4.91. The summed E-state index contributed by atoms with van der Waals surface area (Å²) in [5.41, 5.74) is -0.344. The van der Waals surface area contributed by atoms with Crippen molar-refractivity contribution < 1.29 is 65.6 Å². The lowest BCUT2D eigenvalue weighted by atomic mass is 9.95. The van der Waals surface area contributed by atoms with Crippen LogP contribution in [0.2, 0.25) is 0 Å². The van der Waals surface area contributed by atoms with Gasteiger partial charge in [-0.25, -0.2) is 18.0 Å². The zero-order chi connectivity index (χ0) is 38.6. The first-order valence-corrected chi connectivity index (χ1v) is 17.5. The molecule has 1 fully saturated rings. The molecular formula is C34H43N3O14S. The van der Waals surface area contributed by atoms with E-state index in [0.29, 0.717) is 5.56 Å². The number of ether oxygens (including phenoxy) is 6. The van der Waals surface area contributed by atoms with E-state index >= 15 is 0 Å². The summed E-state index contributed by atoms with van der Waals surface area (Å²) >= 11 is 0. The number of sulfonamides is 1. The van der Waals surface area contributed by atoms with Gasteiger partial charge in [0.25, 0.3) is 0 Å². The minimum absolute atomic E-state index is 0.192. The Morgan fingerprint density at radius 2 is 1.38 bits per heavy atom. The molecule has 1 saturated heterocycles. The highest BCUT2D eigenvalue weighted by Crippen LogP contribution is 2.28. The Morgan fingerprint density at radius 1 is 0.808 bits per heavy atom. The fraction of sp³-hybridized carbons (Fsp3) is 0.471. The van der Waals surface area contributed by atoms with Crippen LogP contribution in [-0.2, 0) is 69.0 Å². The van der Waals surface area contributed by atoms with Gasteiger partial charge in [-0.2, -0.15) is 4.72 Å². The van der Waals surface area contributed by atoms with Crippen molar-refractivity contribution in [2.45, 2.75) is 102 Å². The zero-order valence-electron chi connectivity index (χ0n) is 29.5. The average Bonchev–Trinajstić information content (AvgIpc) is 3.04. The maximum atomic E-state index is 13.7. The number of benzene rings is 2. The van der Waals surface area contributed by atoms with E-state index in [1.807, 2.05) is 0 Å². The summed E-state index contributed by atoms with van der Waals surface area (Å²) in [6.07, 6.45) is -8.15. The summed E-state index contributed by atoms with van der Waals surface area (Å²) in [4.78, 5) is 75.6. The summed E-state index contributed by atoms with van der Waals surface area (Å²) in [5, 5.41) is 4.78. The van der Waals surface area contributed by atoms with Crippen molar-refractivity contribution in [2.75, 3.05) is 6.61 Å². The first kappa shape index (κ1) is 41.4. The van der Waals surface area contributed by atoms with Crippen LogP contribution in [-0.4, -0.2) is 93.1 Å². The predicted molar refractivity (Wildman–Crippen MR) is 179 cm³/mol. The number of hydrogen-bond donors (Lipinski definition) is 3. The van der Waals surface area contributed by atoms with Crippen molar-refractivity contribution in [1.29, 1.82) is 0 Å². The molecule has 0 aliphatic carbocycles. The normalized spacial score (nSPS) is 20.7. The third-order valence-corrected chi connectivity index (χ3v) is 8.46. The van der Waals surface area contributed by atoms with Crippen LogP contribution in [0, 0.1) is 0 Å². The van der Waals surface area contributed by atoms with Gasteiger partial charge in [0.1, 0.15) is 37.0 Å². The molecule has 1 aliphatic heterocycles. The Morgan fingerprint density at radius 3 is 1.94 bits per heavy atom. The number of rotatable bonds is 14. The predicted octanol–water partition coefficient (Wildman–Crippen LogP) is 1.63. The molecule has 18 heteroatoms. The Bertz CT molecular complexity index is 1680. The van der Waals surface area contributed by atoms with Gasteiger partial charge in [-0.1, -0.05) is 48.5 Å². The molecule has 0 aromatic heterocycles. The second-order valence-electron chi connectivity index (χ2n) is 12.6. The molecule has 0 radical (unpaired) electrons. The summed E-state index contributed by atoms with van der Waals surface area (Å²) in [6.45, 7) is 7.16. The molecule has 2 aromatic carbocycles. The van der Waals surface area contributed by atoms with E-state index in [-0.39, 0.29) is 11.5 Å². The quantitative estimate of drug-likeness (QED) is 0.184. The highest BCUT2D eigenvalue weighted by atomic mass is 32.2. The molecule has 17 nitrogen and oxygen atoms in total. The topological polar surface area (TPSA) is 228 Å². The van der Waals surface area contributed by atoms with Crippen LogP contribution in [0.3, 0.4) is 0 Å². The molecule has 1 heterocycles. The smallest absolute Gasteiger partial charge is 0.408 e. The van der Waals surface area contributed by atoms with Gasteiger partial charge in [-0.15, -0.1) is 0 Å². The van der Waals surface area contributed by atoms with Crippen LogP contribution in [0.15, 0.2) is 65.6 Å². The lowest BCUT2D eigenvalue weighted by Gasteiger charge is -2.45. The molecule has 3 N–H and O–H groups in total. The van der Waals surface area contributed by atoms with E-state index in [0.717, 1.165) is 20.8 Å². The van der Waals surface area contributed by atoms with E-state index in [1.54, 1.807) is 57.2 Å². The molecule has 2 amide bonds. The van der Waals surface area contributed by atoms with Crippen LogP contribution >= 0.6 is 0 Å². The maximum Gasteiger partial charge on any atom is 0.408 e. The Kier molecular flexibility index (Phi) is 14.7. The molecule has 0 bridgehead atoms. The van der Waals surface area contributed by atoms with Crippen LogP contribution in [0.4, 0.5) is 4.79 Å². The minimum atomic E-state index is -4.44. The molecule has 52 heavy (non-hydrogen) atoms. The number of carbonyl (C=O) groups excluding carboxylic acids is 6. The number of amides is 2. The molecular weight excluding hydrogens is 706 g/mol. The number of alkyl carbamates (subject to hydrolysis) is 1. The zero-order valence-corrected chi connectivity index (χ0v) is 30.3. The molecule has 2 aromatic rings. The van der Waals surface area contributed by atoms with Crippen LogP contribution in [0.5, 0.6) is 0 Å². The SMILES string of the molecule is CC(=O)OC[C@H]1O[C@@H](NC(=O)C[C@H](NC(=O)OC(C)(C)C)C(=O)OCc2ccccc2)[C@H](NS(=O)(=O)c2ccccc2)[C@@H](OC(C)=O)[C@@H]1OC(C)=O. The summed E-state index contributed by atoms with van der Waals surface area (Å²) < 4.78 is 62.0. The fourth-order valence-corrected chi connectivity index (χ4v) is 6.18. The Labute approximate surface area is 301 Å². The number of esters is 4. The second-order valence-corrected chi connectivity index (χ2v) is 14.3. The van der Waals surface area contributed by atoms with Crippen molar-refractivity contribution in [2.24, 2.45) is 0 Å². The van der Waals surface area contributed by atoms with Gasteiger partial charge in [0.15, 0.2) is 18.4 Å². The first-order chi connectivity index (χ1) is 24.3. The van der Waals surface area contributed by atoms with Crippen LogP contribution in [0.1, 0.15) is 53.5 Å². The average molecular weight is 750 g/mol. The molecule has 0 unspecified atom stereocenters. The van der Waals surface area contributed by atoms with E-state index in [2.05, 4.69) is 15.4 Å². The Hall–Kier alpha value is -5.07. The first-order valence-electron chi connectivity index (χ1n) is 16.0. The van der Waals surface area contributed by atoms with Crippen molar-refractivity contribution in [3.63, 3.8) is 0 Å². The summed E-state index contributed by atoms with van der Waals surface area (Å²) in [5.74, 6) is -4.55. The van der Waals surface area contributed by atoms with Gasteiger partial charge in [0.05, 0.1) is 11.3 Å². The van der Waals surface area contributed by atoms with Gasteiger partial charge in [0.2, 0.25) is 15.9 Å². The minimum Gasteiger partial charge on any atom is -0.463 e. The van der Waals surface area contributed by atoms with Crippen LogP contribution < -0.4 is 15.4 Å². The molecule has 0 spiro atoms. The molecule has 1 aliphatic rings. The highest BCUT2D eigenvalue weighted by Gasteiger charge is 2.52. The summed E-state index contributed by atoms with van der Waals surface area (Å²) in [7, 11) is -4.44. The monoisotopic (exact) mass is 749 g/mol. The van der Waals surface area contributed by atoms with Crippen molar-refractivity contribution in [1.82, 2.24) is 15.4 Å². The second kappa shape index (κ2) is 18.4. The van der Waals surface area contributed by atoms with Gasteiger partial charge in [0, 0.05) is 20.8 Å². The lowest BCUT2D eigenvalue weighted by Crippen LogP contribution is -2.69. The molecule has 284 valence electrons. The third kappa shape index (κ3) is 13.2. The van der Waals surface area contributed by atoms with E-state index in [9.17, 15) is 37.2 Å². The van der Waals surface area contributed by atoms with Crippen LogP contribution in [0.25, 0.3) is 0 Å². The molecule has 6 atom stereocenters. The Balaban J connectivity index is 1.99. The van der Waals surface area contributed by atoms with Gasteiger partial charge < -0.3 is 39.1 Å². The number of nitrogens with one attached hydrogen (secondary N) is 3. The van der Waals surface area contributed by atoms with Gasteiger partial charge in [-0.3, -0.25) is 19.2 Å². The largest absolute Gasteiger partial charge is 0.463 e. The van der Waals surface area contributed by atoms with E-state index in [4.69, 9.17) is 28.4 Å². The van der Waals surface area contributed by atoms with Crippen molar-refractivity contribution in [3.8, 4) is 0 Å². The van der Waals surface area contributed by atoms with E-state index < -0.39 is 101 Å².